The molecule has 170 valence electrons. The first-order valence-electron chi connectivity index (χ1n) is 10.4. The maximum atomic E-state index is 12.6. The Hall–Kier alpha value is -2.29. The van der Waals surface area contributed by atoms with Crippen molar-refractivity contribution in [3.8, 4) is 0 Å². The molecular weight excluding hydrogens is 395 g/mol. The quantitative estimate of drug-likeness (QED) is 0.287. The highest BCUT2D eigenvalue weighted by atomic mass is 19.4. The van der Waals surface area contributed by atoms with Gasteiger partial charge in [0.2, 0.25) is 0 Å². The van der Waals surface area contributed by atoms with Crippen LogP contribution in [0.15, 0.2) is 29.3 Å². The number of guanidine groups is 1. The van der Waals surface area contributed by atoms with Crippen molar-refractivity contribution in [2.45, 2.75) is 45.8 Å². The summed E-state index contributed by atoms with van der Waals surface area (Å²) in [5.74, 6) is 0.229. The Morgan fingerprint density at radius 1 is 1.10 bits per heavy atom. The second-order valence-corrected chi connectivity index (χ2v) is 7.04. The molecule has 1 atom stereocenters. The fourth-order valence-electron chi connectivity index (χ4n) is 2.93. The molecule has 0 saturated heterocycles. The lowest BCUT2D eigenvalue weighted by Gasteiger charge is -2.21. The smallest absolute Gasteiger partial charge is 0.355 e. The molecular formula is C21H34F3N5O. The van der Waals surface area contributed by atoms with E-state index < -0.39 is 17.6 Å². The van der Waals surface area contributed by atoms with Crippen LogP contribution in [0.2, 0.25) is 0 Å². The van der Waals surface area contributed by atoms with Crippen LogP contribution in [0.4, 0.5) is 13.2 Å². The maximum absolute atomic E-state index is 12.6. The first-order valence-corrected chi connectivity index (χ1v) is 10.4. The average molecular weight is 430 g/mol. The molecule has 0 aliphatic heterocycles. The topological polar surface area (TPSA) is 68.8 Å². The average Bonchev–Trinajstić information content (AvgIpc) is 2.72. The highest BCUT2D eigenvalue weighted by molar-refractivity contribution is 5.94. The van der Waals surface area contributed by atoms with Crippen LogP contribution in [0, 0.1) is 0 Å². The van der Waals surface area contributed by atoms with E-state index in [0.29, 0.717) is 19.0 Å². The van der Waals surface area contributed by atoms with Gasteiger partial charge in [-0.3, -0.25) is 9.79 Å². The van der Waals surface area contributed by atoms with Crippen LogP contribution in [0.25, 0.3) is 0 Å². The number of benzene rings is 1. The van der Waals surface area contributed by atoms with Gasteiger partial charge in [0.15, 0.2) is 5.96 Å². The number of nitrogens with zero attached hydrogens (tertiary/aromatic N) is 2. The number of amides is 1. The third-order valence-electron chi connectivity index (χ3n) is 4.79. The van der Waals surface area contributed by atoms with E-state index in [-0.39, 0.29) is 11.6 Å². The fraction of sp³-hybridized carbons (Fsp3) is 0.619. The number of alkyl halides is 3. The summed E-state index contributed by atoms with van der Waals surface area (Å²) in [5.41, 5.74) is -0.589. The fourth-order valence-corrected chi connectivity index (χ4v) is 2.93. The van der Waals surface area contributed by atoms with Gasteiger partial charge in [0.25, 0.3) is 5.91 Å². The Kier molecular flexibility index (Phi) is 11.2. The second kappa shape index (κ2) is 13.1. The molecule has 1 aromatic carbocycles. The van der Waals surface area contributed by atoms with Crippen LogP contribution in [-0.2, 0) is 6.18 Å². The van der Waals surface area contributed by atoms with Gasteiger partial charge in [-0.05, 0) is 63.7 Å². The zero-order valence-electron chi connectivity index (χ0n) is 18.3. The molecule has 0 radical (unpaired) electrons. The van der Waals surface area contributed by atoms with Crippen molar-refractivity contribution in [3.05, 3.63) is 35.4 Å². The van der Waals surface area contributed by atoms with Gasteiger partial charge in [0.1, 0.15) is 0 Å². The molecule has 1 amide bonds. The summed E-state index contributed by atoms with van der Waals surface area (Å²) < 4.78 is 37.7. The molecule has 6 nitrogen and oxygen atoms in total. The van der Waals surface area contributed by atoms with E-state index in [1.807, 2.05) is 0 Å². The summed E-state index contributed by atoms with van der Waals surface area (Å²) in [5, 5.41) is 9.12. The maximum Gasteiger partial charge on any atom is 0.416 e. The van der Waals surface area contributed by atoms with Crippen LogP contribution < -0.4 is 16.0 Å². The van der Waals surface area contributed by atoms with E-state index in [9.17, 15) is 18.0 Å². The normalized spacial score (nSPS) is 13.3. The van der Waals surface area contributed by atoms with Gasteiger partial charge < -0.3 is 20.9 Å². The standard InChI is InChI=1S/C21H34F3N5O/c1-5-29(6-2)15-7-8-16(3)28-20(25-4)27-14-13-26-19(30)17-9-11-18(12-10-17)21(22,23)24/h9-12,16H,5-8,13-15H2,1-4H3,(H,26,30)(H2,25,27,28). The Balaban J connectivity index is 2.31. The number of carbonyl (C=O) groups excluding carboxylic acids is 1. The summed E-state index contributed by atoms with van der Waals surface area (Å²) in [6.07, 6.45) is -2.30. The molecule has 0 aromatic heterocycles. The van der Waals surface area contributed by atoms with E-state index in [4.69, 9.17) is 0 Å². The van der Waals surface area contributed by atoms with Crippen molar-refractivity contribution in [3.63, 3.8) is 0 Å². The lowest BCUT2D eigenvalue weighted by atomic mass is 10.1. The molecule has 30 heavy (non-hydrogen) atoms. The number of rotatable bonds is 11. The molecule has 1 unspecified atom stereocenters. The minimum absolute atomic E-state index is 0.187. The van der Waals surface area contributed by atoms with Crippen LogP contribution in [-0.4, -0.2) is 62.6 Å². The molecule has 0 spiro atoms. The largest absolute Gasteiger partial charge is 0.416 e. The molecule has 0 bridgehead atoms. The predicted molar refractivity (Wildman–Crippen MR) is 115 cm³/mol. The number of hydrogen-bond acceptors (Lipinski definition) is 3. The van der Waals surface area contributed by atoms with Crippen LogP contribution in [0.5, 0.6) is 0 Å². The third kappa shape index (κ3) is 9.47. The minimum atomic E-state index is -4.41. The molecule has 3 N–H and O–H groups in total. The Morgan fingerprint density at radius 3 is 2.23 bits per heavy atom. The van der Waals surface area contributed by atoms with Gasteiger partial charge in [-0.1, -0.05) is 13.8 Å². The van der Waals surface area contributed by atoms with Gasteiger partial charge >= 0.3 is 6.18 Å². The molecule has 0 fully saturated rings. The van der Waals surface area contributed by atoms with E-state index >= 15 is 0 Å². The number of hydrogen-bond donors (Lipinski definition) is 3. The van der Waals surface area contributed by atoms with Crippen molar-refractivity contribution in [1.29, 1.82) is 0 Å². The lowest BCUT2D eigenvalue weighted by Crippen LogP contribution is -2.45. The van der Waals surface area contributed by atoms with Gasteiger partial charge in [-0.15, -0.1) is 0 Å². The Bertz CT molecular complexity index is 658. The number of carbonyl (C=O) groups is 1. The van der Waals surface area contributed by atoms with Gasteiger partial charge in [0.05, 0.1) is 5.56 Å². The van der Waals surface area contributed by atoms with Crippen molar-refractivity contribution in [2.75, 3.05) is 39.8 Å². The molecule has 1 rings (SSSR count). The van der Waals surface area contributed by atoms with Crippen LogP contribution in [0.3, 0.4) is 0 Å². The molecule has 0 aliphatic carbocycles. The summed E-state index contributed by atoms with van der Waals surface area (Å²) in [6, 6.07) is 4.41. The van der Waals surface area contributed by atoms with Gasteiger partial charge in [-0.25, -0.2) is 0 Å². The van der Waals surface area contributed by atoms with Crippen molar-refractivity contribution in [1.82, 2.24) is 20.9 Å². The molecule has 1 aromatic rings. The number of halogens is 3. The monoisotopic (exact) mass is 429 g/mol. The SMILES string of the molecule is CCN(CC)CCCC(C)NC(=NC)NCCNC(=O)c1ccc(C(F)(F)F)cc1. The Labute approximate surface area is 177 Å². The third-order valence-corrected chi connectivity index (χ3v) is 4.79. The van der Waals surface area contributed by atoms with Gasteiger partial charge in [-0.2, -0.15) is 13.2 Å². The number of nitrogens with one attached hydrogen (secondary N) is 3. The summed E-state index contributed by atoms with van der Waals surface area (Å²) >= 11 is 0. The van der Waals surface area contributed by atoms with E-state index in [1.165, 1.54) is 12.1 Å². The summed E-state index contributed by atoms with van der Waals surface area (Å²) in [6.45, 7) is 10.4. The first-order chi connectivity index (χ1) is 14.2. The second-order valence-electron chi connectivity index (χ2n) is 7.04. The Morgan fingerprint density at radius 2 is 1.70 bits per heavy atom. The van der Waals surface area contributed by atoms with E-state index in [1.54, 1.807) is 7.05 Å². The lowest BCUT2D eigenvalue weighted by molar-refractivity contribution is -0.137. The van der Waals surface area contributed by atoms with Crippen LogP contribution in [0.1, 0.15) is 49.5 Å². The first kappa shape index (κ1) is 25.7. The van der Waals surface area contributed by atoms with Crippen molar-refractivity contribution in [2.24, 2.45) is 4.99 Å². The van der Waals surface area contributed by atoms with E-state index in [2.05, 4.69) is 46.6 Å². The molecule has 9 heteroatoms. The zero-order chi connectivity index (χ0) is 22.6. The predicted octanol–water partition coefficient (Wildman–Crippen LogP) is 3.11. The van der Waals surface area contributed by atoms with E-state index in [0.717, 1.165) is 44.6 Å². The van der Waals surface area contributed by atoms with Gasteiger partial charge in [0, 0.05) is 31.7 Å². The highest BCUT2D eigenvalue weighted by Gasteiger charge is 2.30. The summed E-state index contributed by atoms with van der Waals surface area (Å²) in [4.78, 5) is 18.6. The molecule has 0 aliphatic rings. The zero-order valence-corrected chi connectivity index (χ0v) is 18.3. The molecule has 0 heterocycles. The highest BCUT2D eigenvalue weighted by Crippen LogP contribution is 2.29. The van der Waals surface area contributed by atoms with Crippen LogP contribution >= 0.6 is 0 Å². The minimum Gasteiger partial charge on any atom is -0.355 e. The summed E-state index contributed by atoms with van der Waals surface area (Å²) in [7, 11) is 1.68. The number of aliphatic imine (C=N–C) groups is 1. The molecule has 0 saturated carbocycles. The van der Waals surface area contributed by atoms with Crippen molar-refractivity contribution >= 4 is 11.9 Å². The van der Waals surface area contributed by atoms with Crippen molar-refractivity contribution < 1.29 is 18.0 Å².